The van der Waals surface area contributed by atoms with Crippen LogP contribution in [0.3, 0.4) is 0 Å². The van der Waals surface area contributed by atoms with Crippen molar-refractivity contribution in [1.82, 2.24) is 0 Å². The van der Waals surface area contributed by atoms with Gasteiger partial charge in [0.05, 0.1) is 0 Å². The van der Waals surface area contributed by atoms with Gasteiger partial charge < -0.3 is 0 Å². The summed E-state index contributed by atoms with van der Waals surface area (Å²) >= 11 is 0. The first-order chi connectivity index (χ1) is 9.79. The Labute approximate surface area is 128 Å². The molecule has 0 amide bonds. The minimum Gasteiger partial charge on any atom is -0.0654 e. The van der Waals surface area contributed by atoms with E-state index in [0.29, 0.717) is 0 Å². The molecule has 0 N–H and O–H groups in total. The zero-order valence-electron chi connectivity index (χ0n) is 14.2. The van der Waals surface area contributed by atoms with E-state index in [0.717, 1.165) is 23.7 Å². The van der Waals surface area contributed by atoms with Crippen LogP contribution in [0.25, 0.3) is 0 Å². The molecule has 0 bridgehead atoms. The van der Waals surface area contributed by atoms with Crippen LogP contribution in [0.15, 0.2) is 0 Å². The van der Waals surface area contributed by atoms with Gasteiger partial charge in [0.2, 0.25) is 0 Å². The lowest BCUT2D eigenvalue weighted by Crippen LogP contribution is -2.20. The number of rotatable bonds is 7. The van der Waals surface area contributed by atoms with Gasteiger partial charge >= 0.3 is 0 Å². The first kappa shape index (κ1) is 16.4. The lowest BCUT2D eigenvalue weighted by Gasteiger charge is -2.32. The van der Waals surface area contributed by atoms with Crippen LogP contribution in [-0.2, 0) is 0 Å². The molecular formula is C20H38. The maximum atomic E-state index is 2.55. The molecule has 0 nitrogen and oxygen atoms in total. The van der Waals surface area contributed by atoms with Crippen molar-refractivity contribution in [3.8, 4) is 0 Å². The highest BCUT2D eigenvalue weighted by molar-refractivity contribution is 4.76. The summed E-state index contributed by atoms with van der Waals surface area (Å²) in [4.78, 5) is 0. The van der Waals surface area contributed by atoms with Gasteiger partial charge in [0.15, 0.2) is 0 Å². The summed E-state index contributed by atoms with van der Waals surface area (Å²) in [5, 5.41) is 0. The quantitative estimate of drug-likeness (QED) is 0.471. The van der Waals surface area contributed by atoms with Crippen molar-refractivity contribution in [3.05, 3.63) is 0 Å². The van der Waals surface area contributed by atoms with Crippen LogP contribution in [0.2, 0.25) is 0 Å². The van der Waals surface area contributed by atoms with Crippen molar-refractivity contribution in [3.63, 3.8) is 0 Å². The fourth-order valence-electron chi connectivity index (χ4n) is 4.89. The predicted molar refractivity (Wildman–Crippen MR) is 89.9 cm³/mol. The molecule has 0 heteroatoms. The highest BCUT2D eigenvalue weighted by atomic mass is 14.3. The largest absolute Gasteiger partial charge is 0.0654 e. The van der Waals surface area contributed by atoms with E-state index in [2.05, 4.69) is 13.8 Å². The van der Waals surface area contributed by atoms with Crippen LogP contribution in [-0.4, -0.2) is 0 Å². The molecule has 0 saturated heterocycles. The molecule has 118 valence electrons. The number of hydrogen-bond acceptors (Lipinski definition) is 0. The molecule has 0 aromatic heterocycles. The van der Waals surface area contributed by atoms with Crippen molar-refractivity contribution >= 4 is 0 Å². The highest BCUT2D eigenvalue weighted by Crippen LogP contribution is 2.37. The third-order valence-corrected chi connectivity index (χ3v) is 6.39. The first-order valence-corrected chi connectivity index (χ1v) is 9.79. The van der Waals surface area contributed by atoms with Gasteiger partial charge in [-0.25, -0.2) is 0 Å². The Morgan fingerprint density at radius 1 is 0.800 bits per heavy atom. The SMILES string of the molecule is CCC[C@H]1CC[C@H](C(C)CCCC2CCCCC2)CC1. The Bertz CT molecular complexity index is 230. The average molecular weight is 279 g/mol. The normalized spacial score (nSPS) is 30.3. The van der Waals surface area contributed by atoms with E-state index in [9.17, 15) is 0 Å². The molecule has 2 fully saturated rings. The van der Waals surface area contributed by atoms with Crippen LogP contribution in [0.4, 0.5) is 0 Å². The topological polar surface area (TPSA) is 0 Å². The van der Waals surface area contributed by atoms with Crippen LogP contribution < -0.4 is 0 Å². The van der Waals surface area contributed by atoms with Gasteiger partial charge in [0.25, 0.3) is 0 Å². The van der Waals surface area contributed by atoms with Crippen LogP contribution >= 0.6 is 0 Å². The molecule has 2 rings (SSSR count). The maximum absolute atomic E-state index is 2.55. The van der Waals surface area contributed by atoms with Gasteiger partial charge in [0.1, 0.15) is 0 Å². The Hall–Kier alpha value is 0. The average Bonchev–Trinajstić information content (AvgIpc) is 2.49. The summed E-state index contributed by atoms with van der Waals surface area (Å²) in [6, 6.07) is 0. The fraction of sp³-hybridized carbons (Fsp3) is 1.00. The Kier molecular flexibility index (Phi) is 7.45. The molecule has 0 heterocycles. The lowest BCUT2D eigenvalue weighted by atomic mass is 9.73. The van der Waals surface area contributed by atoms with Crippen LogP contribution in [0.1, 0.15) is 104 Å². The summed E-state index contributed by atoms with van der Waals surface area (Å²) in [7, 11) is 0. The standard InChI is InChI=1S/C20H38/c1-3-8-18-13-15-20(16-14-18)17(2)9-7-12-19-10-5-4-6-11-19/h17-20H,3-16H2,1-2H3/t17?,18-,20-. The molecule has 2 saturated carbocycles. The molecule has 20 heavy (non-hydrogen) atoms. The van der Waals surface area contributed by atoms with Gasteiger partial charge in [-0.3, -0.25) is 0 Å². The maximum Gasteiger partial charge on any atom is -0.0388 e. The van der Waals surface area contributed by atoms with Gasteiger partial charge in [-0.1, -0.05) is 90.9 Å². The van der Waals surface area contributed by atoms with Crippen molar-refractivity contribution < 1.29 is 0 Å². The zero-order chi connectivity index (χ0) is 14.2. The molecule has 2 aliphatic carbocycles. The second kappa shape index (κ2) is 9.11. The molecule has 1 unspecified atom stereocenters. The Morgan fingerprint density at radius 2 is 1.45 bits per heavy atom. The molecule has 0 aliphatic heterocycles. The molecule has 0 spiro atoms. The third-order valence-electron chi connectivity index (χ3n) is 6.39. The minimum absolute atomic E-state index is 1.00. The van der Waals surface area contributed by atoms with E-state index < -0.39 is 0 Å². The summed E-state index contributed by atoms with van der Waals surface area (Å²) in [5.41, 5.74) is 0. The summed E-state index contributed by atoms with van der Waals surface area (Å²) in [6.45, 7) is 4.89. The lowest BCUT2D eigenvalue weighted by molar-refractivity contribution is 0.194. The van der Waals surface area contributed by atoms with Crippen molar-refractivity contribution in [1.29, 1.82) is 0 Å². The fourth-order valence-corrected chi connectivity index (χ4v) is 4.89. The molecule has 0 aromatic rings. The second-order valence-electron chi connectivity index (χ2n) is 7.98. The molecule has 1 atom stereocenters. The van der Waals surface area contributed by atoms with E-state index in [1.54, 1.807) is 0 Å². The zero-order valence-corrected chi connectivity index (χ0v) is 14.2. The van der Waals surface area contributed by atoms with E-state index in [1.165, 1.54) is 89.9 Å². The van der Waals surface area contributed by atoms with E-state index in [1.807, 2.05) is 0 Å². The van der Waals surface area contributed by atoms with Crippen molar-refractivity contribution in [2.75, 3.05) is 0 Å². The van der Waals surface area contributed by atoms with Crippen LogP contribution in [0.5, 0.6) is 0 Å². The Balaban J connectivity index is 1.56. The molecule has 0 radical (unpaired) electrons. The first-order valence-electron chi connectivity index (χ1n) is 9.79. The summed E-state index contributed by atoms with van der Waals surface area (Å²) < 4.78 is 0. The van der Waals surface area contributed by atoms with E-state index >= 15 is 0 Å². The highest BCUT2D eigenvalue weighted by Gasteiger charge is 2.24. The number of hydrogen-bond donors (Lipinski definition) is 0. The third kappa shape index (κ3) is 5.41. The van der Waals surface area contributed by atoms with Crippen molar-refractivity contribution in [2.24, 2.45) is 23.7 Å². The monoisotopic (exact) mass is 278 g/mol. The second-order valence-corrected chi connectivity index (χ2v) is 7.98. The van der Waals surface area contributed by atoms with Gasteiger partial charge in [0, 0.05) is 0 Å². The minimum atomic E-state index is 1.00. The summed E-state index contributed by atoms with van der Waals surface area (Å²) in [6.07, 6.45) is 21.2. The molecular weight excluding hydrogens is 240 g/mol. The smallest absolute Gasteiger partial charge is 0.0388 e. The van der Waals surface area contributed by atoms with Gasteiger partial charge in [-0.2, -0.15) is 0 Å². The van der Waals surface area contributed by atoms with Gasteiger partial charge in [-0.05, 0) is 36.5 Å². The van der Waals surface area contributed by atoms with Gasteiger partial charge in [-0.15, -0.1) is 0 Å². The molecule has 2 aliphatic rings. The summed E-state index contributed by atoms with van der Waals surface area (Å²) in [5.74, 6) is 4.23. The molecule has 0 aromatic carbocycles. The van der Waals surface area contributed by atoms with Crippen molar-refractivity contribution in [2.45, 2.75) is 104 Å². The van der Waals surface area contributed by atoms with E-state index in [4.69, 9.17) is 0 Å². The van der Waals surface area contributed by atoms with Crippen LogP contribution in [0, 0.1) is 23.7 Å². The predicted octanol–water partition coefficient (Wildman–Crippen LogP) is 6.98. The Morgan fingerprint density at radius 3 is 2.10 bits per heavy atom. The van der Waals surface area contributed by atoms with E-state index in [-0.39, 0.29) is 0 Å².